The van der Waals surface area contributed by atoms with E-state index >= 15 is 0 Å². The van der Waals surface area contributed by atoms with Crippen molar-refractivity contribution in [2.75, 3.05) is 24.3 Å². The van der Waals surface area contributed by atoms with Crippen molar-refractivity contribution in [2.24, 2.45) is 0 Å². The number of pyridine rings is 1. The van der Waals surface area contributed by atoms with Crippen molar-refractivity contribution < 1.29 is 18.7 Å². The van der Waals surface area contributed by atoms with Crippen molar-refractivity contribution in [1.29, 1.82) is 0 Å². The maximum absolute atomic E-state index is 13.7. The lowest BCUT2D eigenvalue weighted by Gasteiger charge is -2.28. The fourth-order valence-corrected chi connectivity index (χ4v) is 5.34. The molecule has 1 N–H and O–H groups in total. The predicted molar refractivity (Wildman–Crippen MR) is 135 cm³/mol. The van der Waals surface area contributed by atoms with Gasteiger partial charge in [-0.3, -0.25) is 9.78 Å². The van der Waals surface area contributed by atoms with Crippen LogP contribution >= 0.6 is 11.8 Å². The number of hydrogen-bond acceptors (Lipinski definition) is 5. The van der Waals surface area contributed by atoms with Crippen LogP contribution in [0.1, 0.15) is 17.3 Å². The Morgan fingerprint density at radius 1 is 1.00 bits per heavy atom. The van der Waals surface area contributed by atoms with Crippen molar-refractivity contribution in [1.82, 2.24) is 9.97 Å². The van der Waals surface area contributed by atoms with Gasteiger partial charge in [0.2, 0.25) is 5.91 Å². The molecule has 2 aromatic carbocycles. The van der Waals surface area contributed by atoms with Gasteiger partial charge in [-0.2, -0.15) is 0 Å². The van der Waals surface area contributed by atoms with Gasteiger partial charge in [0.05, 0.1) is 29.7 Å². The van der Waals surface area contributed by atoms with Gasteiger partial charge in [0.15, 0.2) is 0 Å². The van der Waals surface area contributed by atoms with Crippen molar-refractivity contribution >= 4 is 29.3 Å². The first-order valence-corrected chi connectivity index (χ1v) is 12.0. The van der Waals surface area contributed by atoms with Gasteiger partial charge < -0.3 is 14.6 Å². The number of aromatic amines is 1. The number of thioether (sulfide) groups is 1. The summed E-state index contributed by atoms with van der Waals surface area (Å²) < 4.78 is 18.9. The van der Waals surface area contributed by atoms with Crippen LogP contribution in [0.25, 0.3) is 33.6 Å². The molecular formula is C27H22FN3O3S. The first kappa shape index (κ1) is 22.9. The van der Waals surface area contributed by atoms with Gasteiger partial charge in [-0.25, -0.2) is 9.18 Å². The molecule has 0 spiro atoms. The Balaban J connectivity index is 1.79. The van der Waals surface area contributed by atoms with Gasteiger partial charge in [-0.1, -0.05) is 6.07 Å². The number of esters is 1. The van der Waals surface area contributed by atoms with Crippen LogP contribution in [-0.2, 0) is 9.53 Å². The molecule has 6 nitrogen and oxygen atoms in total. The molecule has 1 aliphatic heterocycles. The van der Waals surface area contributed by atoms with Crippen LogP contribution in [0.15, 0.2) is 71.9 Å². The smallest absolute Gasteiger partial charge is 0.340 e. The summed E-state index contributed by atoms with van der Waals surface area (Å²) in [5.74, 6) is -0.0709. The van der Waals surface area contributed by atoms with E-state index in [2.05, 4.69) is 9.97 Å². The fourth-order valence-electron chi connectivity index (χ4n) is 4.36. The topological polar surface area (TPSA) is 75.3 Å². The number of methoxy groups -OCH3 is 1. The van der Waals surface area contributed by atoms with Gasteiger partial charge in [0, 0.05) is 47.6 Å². The third-order valence-electron chi connectivity index (χ3n) is 5.98. The zero-order valence-corrected chi connectivity index (χ0v) is 20.0. The summed E-state index contributed by atoms with van der Waals surface area (Å²) in [6.45, 7) is 2.17. The molecular weight excluding hydrogens is 465 g/mol. The van der Waals surface area contributed by atoms with E-state index in [1.807, 2.05) is 30.3 Å². The number of rotatable bonds is 4. The molecule has 0 unspecified atom stereocenters. The van der Waals surface area contributed by atoms with Crippen LogP contribution in [0, 0.1) is 5.82 Å². The zero-order valence-electron chi connectivity index (χ0n) is 19.2. The van der Waals surface area contributed by atoms with Crippen molar-refractivity contribution in [3.05, 3.63) is 78.4 Å². The lowest BCUT2D eigenvalue weighted by molar-refractivity contribution is -0.116. The molecule has 5 rings (SSSR count). The van der Waals surface area contributed by atoms with E-state index in [1.165, 1.54) is 19.2 Å². The Kier molecular flexibility index (Phi) is 6.13. The second kappa shape index (κ2) is 9.38. The Morgan fingerprint density at radius 3 is 2.40 bits per heavy atom. The maximum atomic E-state index is 13.7. The van der Waals surface area contributed by atoms with Gasteiger partial charge in [-0.15, -0.1) is 11.8 Å². The minimum absolute atomic E-state index is 0.0344. The quantitative estimate of drug-likeness (QED) is 0.369. The molecule has 0 radical (unpaired) electrons. The number of amides is 1. The number of anilines is 1. The van der Waals surface area contributed by atoms with Crippen LogP contribution in [0.4, 0.5) is 10.1 Å². The molecule has 3 heterocycles. The number of hydrogen-bond donors (Lipinski definition) is 1. The Hall–Kier alpha value is -3.91. The summed E-state index contributed by atoms with van der Waals surface area (Å²) in [5, 5.41) is 0. The van der Waals surface area contributed by atoms with E-state index in [-0.39, 0.29) is 11.7 Å². The number of aromatic nitrogens is 2. The summed E-state index contributed by atoms with van der Waals surface area (Å²) in [6, 6.07) is 15.5. The summed E-state index contributed by atoms with van der Waals surface area (Å²) in [7, 11) is 1.34. The number of ether oxygens (including phenoxy) is 1. The SMILES string of the molecule is COC(=O)c1c(-c2ccc3c(c2)N(C(C)=O)CCS3)[nH]c(-c2ccc(F)cc2)c1-c1ccncc1. The average molecular weight is 488 g/mol. The van der Waals surface area contributed by atoms with E-state index in [1.54, 1.807) is 48.1 Å². The van der Waals surface area contributed by atoms with E-state index < -0.39 is 5.97 Å². The number of nitrogens with one attached hydrogen (secondary N) is 1. The number of benzene rings is 2. The maximum Gasteiger partial charge on any atom is 0.340 e. The lowest BCUT2D eigenvalue weighted by atomic mass is 9.96. The van der Waals surface area contributed by atoms with Gasteiger partial charge in [-0.05, 0) is 59.7 Å². The highest BCUT2D eigenvalue weighted by molar-refractivity contribution is 7.99. The van der Waals surface area contributed by atoms with E-state index in [4.69, 9.17) is 4.74 Å². The molecule has 1 amide bonds. The summed E-state index contributed by atoms with van der Waals surface area (Å²) in [6.07, 6.45) is 3.30. The van der Waals surface area contributed by atoms with Crippen LogP contribution in [0.5, 0.6) is 0 Å². The van der Waals surface area contributed by atoms with Crippen molar-refractivity contribution in [2.45, 2.75) is 11.8 Å². The fraction of sp³-hybridized carbons (Fsp3) is 0.148. The number of fused-ring (bicyclic) bond motifs is 1. The molecule has 0 aliphatic carbocycles. The number of nitrogens with zero attached hydrogens (tertiary/aromatic N) is 2. The van der Waals surface area contributed by atoms with Crippen molar-refractivity contribution in [3.8, 4) is 33.6 Å². The van der Waals surface area contributed by atoms with Crippen molar-refractivity contribution in [3.63, 3.8) is 0 Å². The number of H-pyrrole nitrogens is 1. The Morgan fingerprint density at radius 2 is 1.71 bits per heavy atom. The van der Waals surface area contributed by atoms with Gasteiger partial charge in [0.25, 0.3) is 0 Å². The van der Waals surface area contributed by atoms with Crippen LogP contribution in [-0.4, -0.2) is 41.3 Å². The van der Waals surface area contributed by atoms with Gasteiger partial charge in [0.1, 0.15) is 5.82 Å². The lowest BCUT2D eigenvalue weighted by Crippen LogP contribution is -2.33. The molecule has 176 valence electrons. The number of carbonyl (C=O) groups is 2. The highest BCUT2D eigenvalue weighted by atomic mass is 32.2. The van der Waals surface area contributed by atoms with Gasteiger partial charge >= 0.3 is 5.97 Å². The first-order valence-electron chi connectivity index (χ1n) is 11.0. The van der Waals surface area contributed by atoms with Crippen LogP contribution in [0.3, 0.4) is 0 Å². The predicted octanol–water partition coefficient (Wildman–Crippen LogP) is 5.80. The molecule has 0 saturated carbocycles. The molecule has 2 aromatic heterocycles. The second-order valence-electron chi connectivity index (χ2n) is 8.06. The molecule has 1 aliphatic rings. The summed E-state index contributed by atoms with van der Waals surface area (Å²) in [5.41, 5.74) is 5.24. The molecule has 0 bridgehead atoms. The number of carbonyl (C=O) groups excluding carboxylic acids is 2. The van der Waals surface area contributed by atoms with E-state index in [9.17, 15) is 14.0 Å². The minimum atomic E-state index is -0.507. The minimum Gasteiger partial charge on any atom is -0.465 e. The largest absolute Gasteiger partial charge is 0.465 e. The summed E-state index contributed by atoms with van der Waals surface area (Å²) >= 11 is 1.69. The molecule has 0 saturated heterocycles. The highest BCUT2D eigenvalue weighted by Gasteiger charge is 2.28. The van der Waals surface area contributed by atoms with Crippen LogP contribution < -0.4 is 4.90 Å². The third kappa shape index (κ3) is 4.21. The van der Waals surface area contributed by atoms with E-state index in [0.29, 0.717) is 34.6 Å². The Labute approximate surface area is 206 Å². The standard InChI is InChI=1S/C27H22FN3O3S/c1-16(32)31-13-14-35-22-8-5-19(15-21(22)31)26-24(27(33)34-2)23(17-9-11-29-12-10-17)25(30-26)18-3-6-20(28)7-4-18/h3-12,15,30H,13-14H2,1-2H3. The molecule has 35 heavy (non-hydrogen) atoms. The third-order valence-corrected chi connectivity index (χ3v) is 7.03. The van der Waals surface area contributed by atoms with Crippen LogP contribution in [0.2, 0.25) is 0 Å². The molecule has 0 atom stereocenters. The van der Waals surface area contributed by atoms with E-state index in [0.717, 1.165) is 27.5 Å². The molecule has 0 fully saturated rings. The molecule has 4 aromatic rings. The second-order valence-corrected chi connectivity index (χ2v) is 9.20. The Bertz CT molecular complexity index is 1420. The zero-order chi connectivity index (χ0) is 24.5. The molecule has 8 heteroatoms. The summed E-state index contributed by atoms with van der Waals surface area (Å²) in [4.78, 5) is 35.7. The number of halogens is 1. The highest BCUT2D eigenvalue weighted by Crippen LogP contribution is 2.43. The first-order chi connectivity index (χ1) is 17.0. The monoisotopic (exact) mass is 487 g/mol. The average Bonchev–Trinajstić information content (AvgIpc) is 3.29. The normalized spacial score (nSPS) is 12.8.